The fourth-order valence-electron chi connectivity index (χ4n) is 6.14. The van der Waals surface area contributed by atoms with Crippen molar-refractivity contribution >= 4 is 0 Å². The van der Waals surface area contributed by atoms with Crippen LogP contribution in [0, 0.1) is 29.1 Å². The molecule has 20 heavy (non-hydrogen) atoms. The Bertz CT molecular complexity index is 472. The van der Waals surface area contributed by atoms with Crippen LogP contribution in [0.2, 0.25) is 0 Å². The molecule has 0 amide bonds. The summed E-state index contributed by atoms with van der Waals surface area (Å²) in [5.74, 6) is 3.31. The van der Waals surface area contributed by atoms with Gasteiger partial charge in [-0.25, -0.2) is 0 Å². The van der Waals surface area contributed by atoms with Gasteiger partial charge in [0.2, 0.25) is 0 Å². The molecular weight excluding hydrogens is 244 g/mol. The third-order valence-corrected chi connectivity index (χ3v) is 7.58. The number of hydrogen-bond acceptors (Lipinski definition) is 1. The van der Waals surface area contributed by atoms with Gasteiger partial charge in [-0.3, -0.25) is 0 Å². The summed E-state index contributed by atoms with van der Waals surface area (Å²) in [6, 6.07) is 0. The molecule has 2 fully saturated rings. The number of rotatable bonds is 0. The van der Waals surface area contributed by atoms with Gasteiger partial charge >= 0.3 is 0 Å². The quantitative estimate of drug-likeness (QED) is 0.689. The van der Waals surface area contributed by atoms with E-state index in [1.54, 1.807) is 5.57 Å². The van der Waals surface area contributed by atoms with E-state index in [4.69, 9.17) is 0 Å². The third kappa shape index (κ3) is 1.59. The first-order valence-electron chi connectivity index (χ1n) is 8.62. The van der Waals surface area contributed by atoms with Gasteiger partial charge in [-0.05, 0) is 86.5 Å². The first kappa shape index (κ1) is 13.1. The Morgan fingerprint density at radius 2 is 1.95 bits per heavy atom. The lowest BCUT2D eigenvalue weighted by molar-refractivity contribution is -0.102. The molecule has 4 rings (SSSR count). The van der Waals surface area contributed by atoms with Crippen LogP contribution in [-0.2, 0) is 0 Å². The maximum absolute atomic E-state index is 10.8. The molecule has 6 atom stereocenters. The number of fused-ring (bicyclic) bond motifs is 5. The van der Waals surface area contributed by atoms with E-state index in [0.717, 1.165) is 30.1 Å². The second-order valence-electron chi connectivity index (χ2n) is 8.23. The Balaban J connectivity index is 1.68. The SMILES string of the molecule is C[C@]1(O)CCC2C3CC=C4C=CCC[C@@H]4C3CC[C@@]21C. The molecule has 0 aliphatic heterocycles. The van der Waals surface area contributed by atoms with Crippen LogP contribution in [-0.4, -0.2) is 10.7 Å². The standard InChI is InChI=1S/C19H28O/c1-18-11-9-15-14-6-4-3-5-13(14)7-8-16(15)17(18)10-12-19(18,2)20/h3,5,7,14-17,20H,4,6,8-12H2,1-2H3/t14-,15?,16?,17?,18-,19-/m0/s1. The molecule has 4 aliphatic carbocycles. The van der Waals surface area contributed by atoms with Crippen molar-refractivity contribution < 1.29 is 5.11 Å². The Morgan fingerprint density at radius 3 is 2.80 bits per heavy atom. The molecule has 0 spiro atoms. The highest BCUT2D eigenvalue weighted by Crippen LogP contribution is 2.63. The second-order valence-corrected chi connectivity index (χ2v) is 8.23. The summed E-state index contributed by atoms with van der Waals surface area (Å²) < 4.78 is 0. The molecule has 1 heteroatoms. The molecular formula is C19H28O. The summed E-state index contributed by atoms with van der Waals surface area (Å²) in [5.41, 5.74) is 1.37. The summed E-state index contributed by atoms with van der Waals surface area (Å²) in [6.45, 7) is 4.47. The molecule has 4 aliphatic rings. The van der Waals surface area contributed by atoms with Crippen molar-refractivity contribution in [1.82, 2.24) is 0 Å². The van der Waals surface area contributed by atoms with Crippen LogP contribution < -0.4 is 0 Å². The fraction of sp³-hybridized carbons (Fsp3) is 0.789. The Kier molecular flexibility index (Phi) is 2.77. The summed E-state index contributed by atoms with van der Waals surface area (Å²) in [6.07, 6.45) is 16.0. The minimum atomic E-state index is -0.431. The molecule has 0 radical (unpaired) electrons. The Labute approximate surface area is 123 Å². The predicted octanol–water partition coefficient (Wildman–Crippen LogP) is 4.48. The van der Waals surface area contributed by atoms with E-state index >= 15 is 0 Å². The molecule has 0 aromatic rings. The molecule has 0 heterocycles. The van der Waals surface area contributed by atoms with Crippen LogP contribution in [0.5, 0.6) is 0 Å². The predicted molar refractivity (Wildman–Crippen MR) is 82.2 cm³/mol. The fourth-order valence-corrected chi connectivity index (χ4v) is 6.14. The van der Waals surface area contributed by atoms with Gasteiger partial charge in [0.15, 0.2) is 0 Å². The van der Waals surface area contributed by atoms with Crippen molar-refractivity contribution in [2.45, 2.75) is 64.4 Å². The molecule has 3 unspecified atom stereocenters. The lowest BCUT2D eigenvalue weighted by Crippen LogP contribution is -2.50. The van der Waals surface area contributed by atoms with Gasteiger partial charge in [0.25, 0.3) is 0 Å². The normalized spacial score (nSPS) is 53.9. The average molecular weight is 272 g/mol. The van der Waals surface area contributed by atoms with Crippen molar-refractivity contribution in [2.75, 3.05) is 0 Å². The topological polar surface area (TPSA) is 20.2 Å². The van der Waals surface area contributed by atoms with E-state index in [9.17, 15) is 5.11 Å². The molecule has 0 aromatic carbocycles. The Morgan fingerprint density at radius 1 is 1.10 bits per heavy atom. The molecule has 1 nitrogen and oxygen atoms in total. The smallest absolute Gasteiger partial charge is 0.0675 e. The lowest BCUT2D eigenvalue weighted by atomic mass is 9.52. The highest BCUT2D eigenvalue weighted by atomic mass is 16.3. The maximum atomic E-state index is 10.8. The number of hydrogen-bond donors (Lipinski definition) is 1. The Hall–Kier alpha value is -0.560. The maximum Gasteiger partial charge on any atom is 0.0675 e. The first-order chi connectivity index (χ1) is 9.53. The van der Waals surface area contributed by atoms with E-state index in [0.29, 0.717) is 0 Å². The van der Waals surface area contributed by atoms with Gasteiger partial charge in [-0.15, -0.1) is 0 Å². The third-order valence-electron chi connectivity index (χ3n) is 7.58. The van der Waals surface area contributed by atoms with Crippen LogP contribution in [0.4, 0.5) is 0 Å². The lowest BCUT2D eigenvalue weighted by Gasteiger charge is -2.54. The van der Waals surface area contributed by atoms with Gasteiger partial charge in [-0.2, -0.15) is 0 Å². The van der Waals surface area contributed by atoms with Crippen LogP contribution in [0.25, 0.3) is 0 Å². The van der Waals surface area contributed by atoms with Crippen LogP contribution in [0.3, 0.4) is 0 Å². The molecule has 1 N–H and O–H groups in total. The van der Waals surface area contributed by atoms with Crippen molar-refractivity contribution in [3.05, 3.63) is 23.8 Å². The zero-order valence-electron chi connectivity index (χ0n) is 12.9. The van der Waals surface area contributed by atoms with Gasteiger partial charge in [0.1, 0.15) is 0 Å². The monoisotopic (exact) mass is 272 g/mol. The van der Waals surface area contributed by atoms with Crippen LogP contribution in [0.15, 0.2) is 23.8 Å². The van der Waals surface area contributed by atoms with E-state index < -0.39 is 5.60 Å². The van der Waals surface area contributed by atoms with Crippen molar-refractivity contribution in [2.24, 2.45) is 29.1 Å². The summed E-state index contributed by atoms with van der Waals surface area (Å²) in [4.78, 5) is 0. The number of aliphatic hydroxyl groups is 1. The van der Waals surface area contributed by atoms with Crippen LogP contribution >= 0.6 is 0 Å². The zero-order valence-corrected chi connectivity index (χ0v) is 12.9. The van der Waals surface area contributed by atoms with Crippen molar-refractivity contribution in [3.63, 3.8) is 0 Å². The second kappa shape index (κ2) is 4.22. The van der Waals surface area contributed by atoms with E-state index in [1.165, 1.54) is 38.5 Å². The van der Waals surface area contributed by atoms with Crippen LogP contribution in [0.1, 0.15) is 58.8 Å². The van der Waals surface area contributed by atoms with E-state index in [1.807, 2.05) is 0 Å². The summed E-state index contributed by atoms with van der Waals surface area (Å²) >= 11 is 0. The highest BCUT2D eigenvalue weighted by Gasteiger charge is 2.59. The molecule has 0 saturated heterocycles. The highest BCUT2D eigenvalue weighted by molar-refractivity contribution is 5.29. The summed E-state index contributed by atoms with van der Waals surface area (Å²) in [7, 11) is 0. The zero-order chi connectivity index (χ0) is 14.0. The van der Waals surface area contributed by atoms with E-state index in [-0.39, 0.29) is 5.41 Å². The molecule has 0 bridgehead atoms. The first-order valence-corrected chi connectivity index (χ1v) is 8.62. The van der Waals surface area contributed by atoms with Gasteiger partial charge in [0.05, 0.1) is 5.60 Å². The van der Waals surface area contributed by atoms with E-state index in [2.05, 4.69) is 32.1 Å². The minimum Gasteiger partial charge on any atom is -0.390 e. The van der Waals surface area contributed by atoms with Crippen molar-refractivity contribution in [3.8, 4) is 0 Å². The minimum absolute atomic E-state index is 0.171. The molecule has 0 aromatic heterocycles. The average Bonchev–Trinajstić information content (AvgIpc) is 2.69. The molecule has 2 saturated carbocycles. The van der Waals surface area contributed by atoms with Gasteiger partial charge in [-0.1, -0.05) is 25.2 Å². The largest absolute Gasteiger partial charge is 0.390 e. The van der Waals surface area contributed by atoms with Crippen molar-refractivity contribution in [1.29, 1.82) is 0 Å². The molecule has 110 valence electrons. The van der Waals surface area contributed by atoms with Gasteiger partial charge < -0.3 is 5.11 Å². The van der Waals surface area contributed by atoms with Gasteiger partial charge in [0, 0.05) is 0 Å². The summed E-state index contributed by atoms with van der Waals surface area (Å²) in [5, 5.41) is 10.8. The number of allylic oxidation sites excluding steroid dienone is 4.